The van der Waals surface area contributed by atoms with E-state index in [4.69, 9.17) is 32.9 Å². The van der Waals surface area contributed by atoms with Gasteiger partial charge in [-0.1, -0.05) is 23.2 Å². The number of hydrogen-bond acceptors (Lipinski definition) is 5. The monoisotopic (exact) mass is 402 g/mol. The van der Waals surface area contributed by atoms with Gasteiger partial charge in [0.25, 0.3) is 0 Å². The van der Waals surface area contributed by atoms with Gasteiger partial charge < -0.3 is 14.2 Å². The number of hydrogen-bond donors (Lipinski definition) is 0. The number of halogens is 2. The molecule has 3 aromatic rings. The van der Waals surface area contributed by atoms with E-state index in [0.29, 0.717) is 33.2 Å². The molecule has 1 saturated heterocycles. The molecule has 3 atom stereocenters. The zero-order valence-corrected chi connectivity index (χ0v) is 16.0. The van der Waals surface area contributed by atoms with Crippen LogP contribution in [0.1, 0.15) is 6.42 Å². The zero-order chi connectivity index (χ0) is 18.7. The summed E-state index contributed by atoms with van der Waals surface area (Å²) in [6, 6.07) is 5.32. The molecule has 1 aliphatic heterocycles. The molecule has 0 spiro atoms. The molecule has 3 heterocycles. The van der Waals surface area contributed by atoms with E-state index < -0.39 is 0 Å². The molecule has 8 heteroatoms. The molecule has 2 fully saturated rings. The van der Waals surface area contributed by atoms with Gasteiger partial charge in [0, 0.05) is 30.4 Å². The lowest BCUT2D eigenvalue weighted by Gasteiger charge is -2.27. The minimum Gasteiger partial charge on any atom is -0.467 e. The smallest absolute Gasteiger partial charge is 0.328 e. The third-order valence-corrected chi connectivity index (χ3v) is 6.30. The molecule has 2 aromatic heterocycles. The topological polar surface area (TPSA) is 60.2 Å². The summed E-state index contributed by atoms with van der Waals surface area (Å²) in [5.74, 6) is 1.32. The molecule has 0 amide bonds. The Labute approximate surface area is 165 Å². The maximum Gasteiger partial charge on any atom is 0.328 e. The minimum atomic E-state index is -0.307. The highest BCUT2D eigenvalue weighted by Crippen LogP contribution is 2.51. The number of esters is 1. The molecular weight excluding hydrogens is 387 g/mol. The van der Waals surface area contributed by atoms with Crippen LogP contribution in [0.4, 0.5) is 5.82 Å². The van der Waals surface area contributed by atoms with Gasteiger partial charge in [0.1, 0.15) is 11.9 Å². The maximum atomic E-state index is 12.4. The van der Waals surface area contributed by atoms with Crippen LogP contribution in [0.5, 0.6) is 0 Å². The highest BCUT2D eigenvalue weighted by Gasteiger charge is 2.56. The highest BCUT2D eigenvalue weighted by molar-refractivity contribution is 6.45. The van der Waals surface area contributed by atoms with Crippen LogP contribution in [0, 0.1) is 11.8 Å². The molecule has 0 bridgehead atoms. The fourth-order valence-corrected chi connectivity index (χ4v) is 4.45. The first-order valence-electron chi connectivity index (χ1n) is 8.70. The number of anilines is 1. The molecule has 1 aromatic carbocycles. The number of rotatable bonds is 3. The van der Waals surface area contributed by atoms with E-state index in [1.54, 1.807) is 18.6 Å². The van der Waals surface area contributed by atoms with Gasteiger partial charge in [-0.15, -0.1) is 0 Å². The van der Waals surface area contributed by atoms with Gasteiger partial charge in [-0.05, 0) is 30.4 Å². The van der Waals surface area contributed by atoms with Crippen molar-refractivity contribution in [1.82, 2.24) is 14.5 Å². The van der Waals surface area contributed by atoms with Crippen molar-refractivity contribution in [2.75, 3.05) is 18.6 Å². The standard InChI is InChI=1S/C19H16Cl2N4O2/c1-27-19(26)18-12-6-10(12)8-25(18)15-7-14(24-5-4-22-9-24)11-2-3-13(20)16(21)17(11)23-15/h2-5,7,9-10,12,18H,6,8H2,1H3/t10-,12?,18-/m0/s1. The Morgan fingerprint density at radius 3 is 2.93 bits per heavy atom. The van der Waals surface area contributed by atoms with E-state index in [0.717, 1.165) is 24.0 Å². The average Bonchev–Trinajstić information content (AvgIpc) is 3.10. The summed E-state index contributed by atoms with van der Waals surface area (Å²) in [5.41, 5.74) is 1.49. The van der Waals surface area contributed by atoms with Crippen LogP contribution >= 0.6 is 23.2 Å². The number of carbonyl (C=O) groups is 1. The SMILES string of the molecule is COC(=O)[C@@H]1C2C[C@H]2CN1c1cc(-n2ccnc2)c2ccc(Cl)c(Cl)c2n1. The van der Waals surface area contributed by atoms with Gasteiger partial charge in [-0.3, -0.25) is 0 Å². The highest BCUT2D eigenvalue weighted by atomic mass is 35.5. The van der Waals surface area contributed by atoms with E-state index in [1.165, 1.54) is 7.11 Å². The molecule has 27 heavy (non-hydrogen) atoms. The van der Waals surface area contributed by atoms with E-state index in [9.17, 15) is 4.79 Å². The van der Waals surface area contributed by atoms with Crippen molar-refractivity contribution in [2.45, 2.75) is 12.5 Å². The number of piperidine rings is 1. The molecule has 1 aliphatic carbocycles. The van der Waals surface area contributed by atoms with Crippen LogP contribution in [-0.2, 0) is 9.53 Å². The van der Waals surface area contributed by atoms with Gasteiger partial charge in [0.15, 0.2) is 0 Å². The van der Waals surface area contributed by atoms with Gasteiger partial charge in [-0.2, -0.15) is 0 Å². The predicted octanol–water partition coefficient (Wildman–Crippen LogP) is 3.73. The third-order valence-electron chi connectivity index (χ3n) is 5.51. The number of imidazole rings is 1. The Morgan fingerprint density at radius 2 is 2.19 bits per heavy atom. The molecular formula is C19H16Cl2N4O2. The quantitative estimate of drug-likeness (QED) is 0.624. The fourth-order valence-electron chi connectivity index (χ4n) is 4.09. The number of carbonyl (C=O) groups excluding carboxylic acids is 1. The average molecular weight is 403 g/mol. The first kappa shape index (κ1) is 16.8. The van der Waals surface area contributed by atoms with Crippen molar-refractivity contribution in [1.29, 1.82) is 0 Å². The first-order chi connectivity index (χ1) is 13.1. The van der Waals surface area contributed by atoms with Crippen LogP contribution < -0.4 is 4.90 Å². The fraction of sp³-hybridized carbons (Fsp3) is 0.316. The van der Waals surface area contributed by atoms with Crippen molar-refractivity contribution < 1.29 is 9.53 Å². The lowest BCUT2D eigenvalue weighted by molar-refractivity contribution is -0.142. The second-order valence-electron chi connectivity index (χ2n) is 7.01. The summed E-state index contributed by atoms with van der Waals surface area (Å²) in [6.07, 6.45) is 6.36. The number of benzene rings is 1. The predicted molar refractivity (Wildman–Crippen MR) is 104 cm³/mol. The number of nitrogens with zero attached hydrogens (tertiary/aromatic N) is 4. The minimum absolute atomic E-state index is 0.219. The Kier molecular flexibility index (Phi) is 3.81. The molecule has 1 saturated carbocycles. The number of ether oxygens (including phenoxy) is 1. The van der Waals surface area contributed by atoms with Crippen molar-refractivity contribution in [3.63, 3.8) is 0 Å². The number of aromatic nitrogens is 3. The van der Waals surface area contributed by atoms with Crippen LogP contribution in [0.25, 0.3) is 16.6 Å². The zero-order valence-electron chi connectivity index (χ0n) is 14.5. The summed E-state index contributed by atoms with van der Waals surface area (Å²) in [4.78, 5) is 23.3. The number of pyridine rings is 1. The van der Waals surface area contributed by atoms with Crippen molar-refractivity contribution in [3.05, 3.63) is 47.0 Å². The van der Waals surface area contributed by atoms with Crippen LogP contribution in [-0.4, -0.2) is 40.2 Å². The second-order valence-corrected chi connectivity index (χ2v) is 7.79. The molecule has 1 unspecified atom stereocenters. The molecule has 2 aliphatic rings. The van der Waals surface area contributed by atoms with Crippen molar-refractivity contribution in [3.8, 4) is 5.69 Å². The second kappa shape index (κ2) is 6.11. The van der Waals surface area contributed by atoms with Gasteiger partial charge in [-0.25, -0.2) is 14.8 Å². The molecule has 0 radical (unpaired) electrons. The largest absolute Gasteiger partial charge is 0.467 e. The molecule has 5 rings (SSSR count). The summed E-state index contributed by atoms with van der Waals surface area (Å²) in [6.45, 7) is 0.782. The lowest BCUT2D eigenvalue weighted by atomic mass is 10.1. The summed E-state index contributed by atoms with van der Waals surface area (Å²) < 4.78 is 6.95. The van der Waals surface area contributed by atoms with Gasteiger partial charge in [0.05, 0.1) is 34.7 Å². The van der Waals surface area contributed by atoms with Gasteiger partial charge >= 0.3 is 5.97 Å². The van der Waals surface area contributed by atoms with E-state index >= 15 is 0 Å². The number of fused-ring (bicyclic) bond motifs is 2. The molecule has 138 valence electrons. The van der Waals surface area contributed by atoms with Crippen LogP contribution in [0.3, 0.4) is 0 Å². The first-order valence-corrected chi connectivity index (χ1v) is 9.45. The summed E-state index contributed by atoms with van der Waals surface area (Å²) in [5, 5.41) is 1.71. The summed E-state index contributed by atoms with van der Waals surface area (Å²) >= 11 is 12.7. The number of methoxy groups -OCH3 is 1. The van der Waals surface area contributed by atoms with Crippen molar-refractivity contribution >= 4 is 45.9 Å². The molecule has 6 nitrogen and oxygen atoms in total. The Hall–Kier alpha value is -2.31. The Morgan fingerprint density at radius 1 is 1.33 bits per heavy atom. The van der Waals surface area contributed by atoms with Crippen molar-refractivity contribution in [2.24, 2.45) is 11.8 Å². The third kappa shape index (κ3) is 2.58. The van der Waals surface area contributed by atoms with Gasteiger partial charge in [0.2, 0.25) is 0 Å². The van der Waals surface area contributed by atoms with Crippen LogP contribution in [0.2, 0.25) is 10.0 Å². The Bertz CT molecular complexity index is 1050. The van der Waals surface area contributed by atoms with E-state index in [-0.39, 0.29) is 12.0 Å². The molecule has 0 N–H and O–H groups in total. The van der Waals surface area contributed by atoms with E-state index in [2.05, 4.69) is 4.98 Å². The normalized spacial score (nSPS) is 23.5. The Balaban J connectivity index is 1.71. The lowest BCUT2D eigenvalue weighted by Crippen LogP contribution is -2.40. The maximum absolute atomic E-state index is 12.4. The summed E-state index contributed by atoms with van der Waals surface area (Å²) in [7, 11) is 1.43. The van der Waals surface area contributed by atoms with E-state index in [1.807, 2.05) is 27.8 Å². The van der Waals surface area contributed by atoms with Crippen LogP contribution in [0.15, 0.2) is 36.9 Å².